The van der Waals surface area contributed by atoms with Gasteiger partial charge in [-0.25, -0.2) is 4.79 Å². The quantitative estimate of drug-likeness (QED) is 0.451. The van der Waals surface area contributed by atoms with E-state index in [4.69, 9.17) is 0 Å². The Bertz CT molecular complexity index is 1190. The number of nitrogens with one attached hydrogen (secondary N) is 1. The molecule has 3 aromatic rings. The molecule has 1 aliphatic carbocycles. The molecule has 0 bridgehead atoms. The first-order chi connectivity index (χ1) is 17.0. The van der Waals surface area contributed by atoms with Crippen molar-refractivity contribution >= 4 is 23.0 Å². The summed E-state index contributed by atoms with van der Waals surface area (Å²) in [5.41, 5.74) is 7.27. The van der Waals surface area contributed by atoms with Crippen LogP contribution >= 0.6 is 0 Å². The number of anilines is 3. The minimum absolute atomic E-state index is 0.158. The molecule has 6 nitrogen and oxygen atoms in total. The fourth-order valence-electron chi connectivity index (χ4n) is 5.26. The number of rotatable bonds is 8. The number of benzene rings is 2. The second-order valence-electron chi connectivity index (χ2n) is 9.96. The summed E-state index contributed by atoms with van der Waals surface area (Å²) in [6.07, 6.45) is 9.45. The van der Waals surface area contributed by atoms with Gasteiger partial charge in [0.15, 0.2) is 0 Å². The van der Waals surface area contributed by atoms with Crippen LogP contribution in [0, 0.1) is 5.92 Å². The van der Waals surface area contributed by atoms with Gasteiger partial charge in [0.25, 0.3) is 0 Å². The van der Waals surface area contributed by atoms with Gasteiger partial charge < -0.3 is 15.3 Å². The molecule has 1 aromatic heterocycles. The molecule has 0 saturated heterocycles. The van der Waals surface area contributed by atoms with Crippen LogP contribution in [-0.4, -0.2) is 48.1 Å². The summed E-state index contributed by atoms with van der Waals surface area (Å²) in [5, 5.41) is 12.8. The zero-order valence-electron chi connectivity index (χ0n) is 20.6. The third-order valence-corrected chi connectivity index (χ3v) is 7.75. The van der Waals surface area contributed by atoms with E-state index in [1.165, 1.54) is 66.0 Å². The van der Waals surface area contributed by atoms with E-state index in [0.29, 0.717) is 12.2 Å². The number of pyridine rings is 1. The molecule has 0 spiro atoms. The second kappa shape index (κ2) is 10.1. The normalized spacial score (nSPS) is 17.9. The molecular weight excluding hydrogens is 436 g/mol. The van der Waals surface area contributed by atoms with Crippen LogP contribution in [0.15, 0.2) is 60.9 Å². The van der Waals surface area contributed by atoms with Gasteiger partial charge >= 0.3 is 5.97 Å². The Kier molecular flexibility index (Phi) is 6.73. The standard InChI is InChI=1S/C29H34N4O2/c1-32-15-13-22-17-24(33(2)23-8-6-21(7-9-23)16-20-4-3-5-20)10-11-25(22)28(32)19-31-27-18-30-14-12-26(27)29(34)35/h6-12,14,17-18,20,28,31H,3-5,13,15-16,19H2,1-2H3,(H,34,35)/t28-/m0/s1. The van der Waals surface area contributed by atoms with Gasteiger partial charge in [-0.15, -0.1) is 0 Å². The van der Waals surface area contributed by atoms with E-state index in [2.05, 4.69) is 76.7 Å². The molecule has 1 aliphatic heterocycles. The van der Waals surface area contributed by atoms with E-state index in [-0.39, 0.29) is 11.6 Å². The molecule has 2 heterocycles. The molecule has 2 N–H and O–H groups in total. The highest BCUT2D eigenvalue weighted by atomic mass is 16.4. The van der Waals surface area contributed by atoms with Crippen molar-refractivity contribution in [1.29, 1.82) is 0 Å². The van der Waals surface area contributed by atoms with Crippen LogP contribution in [0.25, 0.3) is 0 Å². The van der Waals surface area contributed by atoms with Crippen LogP contribution < -0.4 is 10.2 Å². The van der Waals surface area contributed by atoms with Crippen molar-refractivity contribution in [2.75, 3.05) is 37.4 Å². The fourth-order valence-corrected chi connectivity index (χ4v) is 5.26. The maximum atomic E-state index is 11.6. The monoisotopic (exact) mass is 470 g/mol. The number of nitrogens with zero attached hydrogens (tertiary/aromatic N) is 3. The highest BCUT2D eigenvalue weighted by molar-refractivity contribution is 5.93. The zero-order chi connectivity index (χ0) is 24.4. The minimum Gasteiger partial charge on any atom is -0.478 e. The Hall–Kier alpha value is -3.38. The number of aromatic nitrogens is 1. The van der Waals surface area contributed by atoms with Crippen LogP contribution in [0.4, 0.5) is 17.1 Å². The lowest BCUT2D eigenvalue weighted by atomic mass is 9.81. The zero-order valence-corrected chi connectivity index (χ0v) is 20.6. The third kappa shape index (κ3) is 5.03. The lowest BCUT2D eigenvalue weighted by Gasteiger charge is -2.36. The molecule has 2 aromatic carbocycles. The first-order valence-electron chi connectivity index (χ1n) is 12.6. The maximum absolute atomic E-state index is 11.6. The molecule has 5 rings (SSSR count). The molecule has 0 unspecified atom stereocenters. The second-order valence-corrected chi connectivity index (χ2v) is 9.96. The SMILES string of the molecule is CN(c1ccc(CC2CCC2)cc1)c1ccc2c(c1)CCN(C)[C@H]2CNc1cnccc1C(=O)O. The van der Waals surface area contributed by atoms with Crippen molar-refractivity contribution < 1.29 is 9.90 Å². The average molecular weight is 471 g/mol. The Morgan fingerprint density at radius 3 is 2.63 bits per heavy atom. The van der Waals surface area contributed by atoms with Gasteiger partial charge in [-0.2, -0.15) is 0 Å². The number of carboxylic acids is 1. The number of likely N-dealkylation sites (N-methyl/N-ethyl adjacent to an activating group) is 1. The molecule has 1 atom stereocenters. The minimum atomic E-state index is -0.948. The first kappa shape index (κ1) is 23.4. The number of aromatic carboxylic acids is 1. The molecule has 6 heteroatoms. The smallest absolute Gasteiger partial charge is 0.337 e. The largest absolute Gasteiger partial charge is 0.478 e. The Balaban J connectivity index is 1.31. The van der Waals surface area contributed by atoms with Gasteiger partial charge in [0.2, 0.25) is 0 Å². The molecule has 35 heavy (non-hydrogen) atoms. The lowest BCUT2D eigenvalue weighted by molar-refractivity contribution is 0.0697. The number of hydrogen-bond acceptors (Lipinski definition) is 5. The Labute approximate surface area is 207 Å². The van der Waals surface area contributed by atoms with E-state index in [1.54, 1.807) is 6.20 Å². The summed E-state index contributed by atoms with van der Waals surface area (Å²) in [6.45, 7) is 1.58. The summed E-state index contributed by atoms with van der Waals surface area (Å²) in [4.78, 5) is 20.2. The van der Waals surface area contributed by atoms with E-state index >= 15 is 0 Å². The van der Waals surface area contributed by atoms with Crippen molar-refractivity contribution in [3.8, 4) is 0 Å². The number of carboxylic acid groups (broad SMARTS) is 1. The van der Waals surface area contributed by atoms with E-state index < -0.39 is 5.97 Å². The highest BCUT2D eigenvalue weighted by Crippen LogP contribution is 2.34. The maximum Gasteiger partial charge on any atom is 0.337 e. The Morgan fingerprint density at radius 2 is 1.91 bits per heavy atom. The molecule has 1 saturated carbocycles. The summed E-state index contributed by atoms with van der Waals surface area (Å²) in [6, 6.07) is 17.5. The van der Waals surface area contributed by atoms with Gasteiger partial charge in [-0.05, 0) is 72.8 Å². The molecule has 182 valence electrons. The van der Waals surface area contributed by atoms with Crippen LogP contribution in [0.2, 0.25) is 0 Å². The first-order valence-corrected chi connectivity index (χ1v) is 12.6. The average Bonchev–Trinajstić information content (AvgIpc) is 2.85. The number of fused-ring (bicyclic) bond motifs is 1. The summed E-state index contributed by atoms with van der Waals surface area (Å²) >= 11 is 0. The van der Waals surface area contributed by atoms with E-state index in [9.17, 15) is 9.90 Å². The van der Waals surface area contributed by atoms with Gasteiger partial charge in [0.1, 0.15) is 0 Å². The van der Waals surface area contributed by atoms with Crippen LogP contribution in [0.3, 0.4) is 0 Å². The summed E-state index contributed by atoms with van der Waals surface area (Å²) in [5.74, 6) is -0.0651. The van der Waals surface area contributed by atoms with Crippen molar-refractivity contribution in [3.63, 3.8) is 0 Å². The summed E-state index contributed by atoms with van der Waals surface area (Å²) < 4.78 is 0. The fraction of sp³-hybridized carbons (Fsp3) is 0.379. The molecule has 0 amide bonds. The van der Waals surface area contributed by atoms with Gasteiger partial charge in [0, 0.05) is 37.7 Å². The van der Waals surface area contributed by atoms with Gasteiger partial charge in [-0.1, -0.05) is 37.5 Å². The third-order valence-electron chi connectivity index (χ3n) is 7.75. The Morgan fingerprint density at radius 1 is 1.14 bits per heavy atom. The number of carbonyl (C=O) groups is 1. The predicted octanol–water partition coefficient (Wildman–Crippen LogP) is 5.53. The molecule has 2 aliphatic rings. The molecular formula is C29H34N4O2. The van der Waals surface area contributed by atoms with Crippen molar-refractivity contribution in [1.82, 2.24) is 9.88 Å². The van der Waals surface area contributed by atoms with E-state index in [0.717, 1.165) is 18.9 Å². The van der Waals surface area contributed by atoms with Gasteiger partial charge in [0.05, 0.1) is 23.5 Å². The van der Waals surface area contributed by atoms with Crippen molar-refractivity contribution in [2.45, 2.75) is 38.1 Å². The topological polar surface area (TPSA) is 68.7 Å². The lowest BCUT2D eigenvalue weighted by Crippen LogP contribution is -2.36. The summed E-state index contributed by atoms with van der Waals surface area (Å²) in [7, 11) is 4.26. The van der Waals surface area contributed by atoms with Gasteiger partial charge in [-0.3, -0.25) is 9.88 Å². The van der Waals surface area contributed by atoms with Crippen molar-refractivity contribution in [2.24, 2.45) is 5.92 Å². The van der Waals surface area contributed by atoms with Crippen LogP contribution in [0.1, 0.15) is 52.4 Å². The van der Waals surface area contributed by atoms with E-state index in [1.807, 2.05) is 0 Å². The molecule has 1 fully saturated rings. The highest BCUT2D eigenvalue weighted by Gasteiger charge is 2.26. The van der Waals surface area contributed by atoms with Crippen molar-refractivity contribution in [3.05, 3.63) is 83.2 Å². The number of hydrogen-bond donors (Lipinski definition) is 2. The van der Waals surface area contributed by atoms with Crippen LogP contribution in [0.5, 0.6) is 0 Å². The van der Waals surface area contributed by atoms with Crippen LogP contribution in [-0.2, 0) is 12.8 Å². The predicted molar refractivity (Wildman–Crippen MR) is 141 cm³/mol. The molecule has 0 radical (unpaired) electrons.